The second-order valence-electron chi connectivity index (χ2n) is 7.08. The second-order valence-corrected chi connectivity index (χ2v) is 8.09. The van der Waals surface area contributed by atoms with E-state index < -0.39 is 0 Å². The average Bonchev–Trinajstić information content (AvgIpc) is 3.21. The van der Waals surface area contributed by atoms with Crippen molar-refractivity contribution in [2.45, 2.75) is 34.3 Å². The van der Waals surface area contributed by atoms with Gasteiger partial charge in [0.25, 0.3) is 0 Å². The van der Waals surface area contributed by atoms with Crippen LogP contribution < -0.4 is 14.4 Å². The molecule has 0 spiro atoms. The third-order valence-electron chi connectivity index (χ3n) is 5.29. The summed E-state index contributed by atoms with van der Waals surface area (Å²) in [4.78, 5) is 9.46. The minimum Gasteiger partial charge on any atom is -0.492 e. The third-order valence-corrected chi connectivity index (χ3v) is 6.37. The molecule has 0 aliphatic rings. The summed E-state index contributed by atoms with van der Waals surface area (Å²) in [6, 6.07) is 14.3. The molecule has 1 heterocycles. The molecular weight excluding hydrogens is 394 g/mol. The first-order valence-electron chi connectivity index (χ1n) is 10.9. The molecule has 1 aromatic heterocycles. The zero-order valence-corrected chi connectivity index (χ0v) is 19.4. The predicted molar refractivity (Wildman–Crippen MR) is 127 cm³/mol. The van der Waals surface area contributed by atoms with Gasteiger partial charge < -0.3 is 19.3 Å². The van der Waals surface area contributed by atoms with Gasteiger partial charge in [-0.25, -0.2) is 4.98 Å². The first-order chi connectivity index (χ1) is 14.7. The van der Waals surface area contributed by atoms with Crippen molar-refractivity contribution in [2.24, 2.45) is 0 Å². The first-order valence-corrected chi connectivity index (χ1v) is 11.7. The highest BCUT2D eigenvalue weighted by Gasteiger charge is 2.12. The molecule has 0 fully saturated rings. The van der Waals surface area contributed by atoms with Crippen LogP contribution in [0.1, 0.15) is 33.3 Å². The average molecular weight is 428 g/mol. The van der Waals surface area contributed by atoms with Crippen molar-refractivity contribution in [3.8, 4) is 11.5 Å². The van der Waals surface area contributed by atoms with Gasteiger partial charge in [-0.05, 0) is 56.8 Å². The summed E-state index contributed by atoms with van der Waals surface area (Å²) < 4.78 is 13.2. The van der Waals surface area contributed by atoms with Crippen LogP contribution in [0.25, 0.3) is 10.2 Å². The number of likely N-dealkylation sites (N-methyl/N-ethyl adjacent to an activating group) is 1. The number of hydrogen-bond acceptors (Lipinski definition) is 6. The quantitative estimate of drug-likeness (QED) is 0.385. The highest BCUT2D eigenvalue weighted by molar-refractivity contribution is 7.22. The zero-order valence-electron chi connectivity index (χ0n) is 18.6. The predicted octanol–water partition coefficient (Wildman–Crippen LogP) is 5.44. The van der Waals surface area contributed by atoms with Gasteiger partial charge in [0.2, 0.25) is 0 Å². The molecule has 0 bridgehead atoms. The van der Waals surface area contributed by atoms with E-state index in [0.717, 1.165) is 65.1 Å². The summed E-state index contributed by atoms with van der Waals surface area (Å²) in [5.74, 6) is 1.73. The molecule has 0 atom stereocenters. The summed E-state index contributed by atoms with van der Waals surface area (Å²) in [6.07, 6.45) is 0. The molecule has 3 aromatic rings. The van der Waals surface area contributed by atoms with Crippen molar-refractivity contribution in [1.82, 2.24) is 9.88 Å². The van der Waals surface area contributed by atoms with E-state index >= 15 is 0 Å². The molecular formula is C24H33N3O2S. The molecule has 0 amide bonds. The van der Waals surface area contributed by atoms with Crippen molar-refractivity contribution in [3.63, 3.8) is 0 Å². The van der Waals surface area contributed by atoms with Crippen LogP contribution in [0, 0.1) is 0 Å². The Labute approximate surface area is 184 Å². The smallest absolute Gasteiger partial charge is 0.186 e. The molecule has 0 unspecified atom stereocenters. The number of hydrogen-bond donors (Lipinski definition) is 0. The van der Waals surface area contributed by atoms with E-state index in [-0.39, 0.29) is 0 Å². The fourth-order valence-corrected chi connectivity index (χ4v) is 4.44. The Kier molecular flexibility index (Phi) is 8.34. The topological polar surface area (TPSA) is 37.8 Å². The molecule has 0 aliphatic heterocycles. The van der Waals surface area contributed by atoms with Crippen molar-refractivity contribution < 1.29 is 9.47 Å². The van der Waals surface area contributed by atoms with E-state index in [9.17, 15) is 0 Å². The standard InChI is InChI=1S/C24H33N3O2S/c1-5-26(6-2)16-17-28-20-14-12-19(13-15-20)18-29-21-10-9-11-22-23(21)25-24(30-22)27(7-3)8-4/h9-15H,5-8,16-18H2,1-4H3. The van der Waals surface area contributed by atoms with Crippen LogP contribution in [0.15, 0.2) is 42.5 Å². The number of fused-ring (bicyclic) bond motifs is 1. The van der Waals surface area contributed by atoms with Crippen LogP contribution in [0.4, 0.5) is 5.13 Å². The minimum absolute atomic E-state index is 0.511. The molecule has 0 N–H and O–H groups in total. The van der Waals surface area contributed by atoms with Crippen molar-refractivity contribution >= 4 is 26.7 Å². The molecule has 5 nitrogen and oxygen atoms in total. The molecule has 162 valence electrons. The maximum absolute atomic E-state index is 6.13. The summed E-state index contributed by atoms with van der Waals surface area (Å²) in [6.45, 7) is 14.8. The third kappa shape index (κ3) is 5.64. The molecule has 0 saturated heterocycles. The largest absolute Gasteiger partial charge is 0.492 e. The summed E-state index contributed by atoms with van der Waals surface area (Å²) in [5.41, 5.74) is 2.06. The first kappa shape index (κ1) is 22.4. The lowest BCUT2D eigenvalue weighted by Crippen LogP contribution is -2.27. The molecule has 0 radical (unpaired) electrons. The second kappa shape index (κ2) is 11.2. The molecule has 0 aliphatic carbocycles. The number of ether oxygens (including phenoxy) is 2. The Balaban J connectivity index is 1.59. The Morgan fingerprint density at radius 2 is 1.60 bits per heavy atom. The van der Waals surface area contributed by atoms with E-state index in [1.165, 1.54) is 0 Å². The molecule has 6 heteroatoms. The van der Waals surface area contributed by atoms with Crippen LogP contribution in [-0.2, 0) is 6.61 Å². The van der Waals surface area contributed by atoms with Crippen molar-refractivity contribution in [3.05, 3.63) is 48.0 Å². The molecule has 0 saturated carbocycles. The van der Waals surface area contributed by atoms with Crippen LogP contribution in [0.2, 0.25) is 0 Å². The Bertz CT molecular complexity index is 902. The van der Waals surface area contributed by atoms with Crippen LogP contribution in [0.5, 0.6) is 11.5 Å². The van der Waals surface area contributed by atoms with Crippen LogP contribution >= 0.6 is 11.3 Å². The van der Waals surface area contributed by atoms with Crippen molar-refractivity contribution in [1.29, 1.82) is 0 Å². The number of benzene rings is 2. The Hall–Kier alpha value is -2.31. The van der Waals surface area contributed by atoms with E-state index in [4.69, 9.17) is 14.5 Å². The van der Waals surface area contributed by atoms with E-state index in [1.807, 2.05) is 24.3 Å². The molecule has 3 rings (SSSR count). The van der Waals surface area contributed by atoms with Gasteiger partial charge in [-0.1, -0.05) is 43.4 Å². The Morgan fingerprint density at radius 1 is 0.867 bits per heavy atom. The fourth-order valence-electron chi connectivity index (χ4n) is 3.33. The number of thiazole rings is 1. The highest BCUT2D eigenvalue weighted by Crippen LogP contribution is 2.34. The SMILES string of the molecule is CCN(CC)CCOc1ccc(COc2cccc3sc(N(CC)CC)nc23)cc1. The van der Waals surface area contributed by atoms with E-state index in [1.54, 1.807) is 11.3 Å². The molecule has 2 aromatic carbocycles. The molecule has 30 heavy (non-hydrogen) atoms. The van der Waals surface area contributed by atoms with Gasteiger partial charge >= 0.3 is 0 Å². The summed E-state index contributed by atoms with van der Waals surface area (Å²) >= 11 is 1.72. The number of aromatic nitrogens is 1. The number of anilines is 1. The van der Waals surface area contributed by atoms with Gasteiger partial charge in [-0.3, -0.25) is 0 Å². The van der Waals surface area contributed by atoms with E-state index in [0.29, 0.717) is 13.2 Å². The van der Waals surface area contributed by atoms with Gasteiger partial charge in [0.1, 0.15) is 30.2 Å². The van der Waals surface area contributed by atoms with Gasteiger partial charge in [0.05, 0.1) is 4.70 Å². The minimum atomic E-state index is 0.511. The number of nitrogens with zero attached hydrogens (tertiary/aromatic N) is 3. The highest BCUT2D eigenvalue weighted by atomic mass is 32.1. The Morgan fingerprint density at radius 3 is 2.27 bits per heavy atom. The summed E-state index contributed by atoms with van der Waals surface area (Å²) in [5, 5.41) is 1.05. The lowest BCUT2D eigenvalue weighted by Gasteiger charge is -2.18. The maximum Gasteiger partial charge on any atom is 0.186 e. The van der Waals surface area contributed by atoms with Crippen LogP contribution in [-0.4, -0.2) is 49.2 Å². The maximum atomic E-state index is 6.13. The van der Waals surface area contributed by atoms with Gasteiger partial charge in [-0.2, -0.15) is 0 Å². The lowest BCUT2D eigenvalue weighted by molar-refractivity contribution is 0.222. The van der Waals surface area contributed by atoms with Gasteiger partial charge in [0, 0.05) is 19.6 Å². The van der Waals surface area contributed by atoms with Crippen LogP contribution in [0.3, 0.4) is 0 Å². The number of rotatable bonds is 12. The normalized spacial score (nSPS) is 11.2. The van der Waals surface area contributed by atoms with Gasteiger partial charge in [0.15, 0.2) is 5.13 Å². The summed E-state index contributed by atoms with van der Waals surface area (Å²) in [7, 11) is 0. The van der Waals surface area contributed by atoms with E-state index in [2.05, 4.69) is 55.7 Å². The monoisotopic (exact) mass is 427 g/mol. The number of para-hydroxylation sites is 1. The zero-order chi connectivity index (χ0) is 21.3. The van der Waals surface area contributed by atoms with Crippen molar-refractivity contribution in [2.75, 3.05) is 44.2 Å². The van der Waals surface area contributed by atoms with Gasteiger partial charge in [-0.15, -0.1) is 0 Å². The lowest BCUT2D eigenvalue weighted by atomic mass is 10.2. The fraction of sp³-hybridized carbons (Fsp3) is 0.458.